The fourth-order valence-electron chi connectivity index (χ4n) is 3.61. The third kappa shape index (κ3) is 3.89. The van der Waals surface area contributed by atoms with Crippen molar-refractivity contribution in [3.63, 3.8) is 0 Å². The summed E-state index contributed by atoms with van der Waals surface area (Å²) in [7, 11) is 3.71. The molecule has 0 aliphatic carbocycles. The first-order valence-electron chi connectivity index (χ1n) is 9.53. The van der Waals surface area contributed by atoms with Crippen molar-refractivity contribution in [2.24, 2.45) is 7.05 Å². The molecule has 0 aliphatic heterocycles. The van der Waals surface area contributed by atoms with Crippen LogP contribution in [0.2, 0.25) is 5.02 Å². The number of benzene rings is 2. The topological polar surface area (TPSA) is 64.7 Å². The fraction of sp³-hybridized carbons (Fsp3) is 0.227. The van der Waals surface area contributed by atoms with E-state index in [-0.39, 0.29) is 5.69 Å². The van der Waals surface area contributed by atoms with Gasteiger partial charge in [-0.05, 0) is 61.2 Å². The third-order valence-electron chi connectivity index (χ3n) is 5.08. The van der Waals surface area contributed by atoms with Gasteiger partial charge < -0.3 is 5.32 Å². The lowest BCUT2D eigenvalue weighted by Gasteiger charge is -2.14. The Labute approximate surface area is 173 Å². The van der Waals surface area contributed by atoms with Gasteiger partial charge in [0.1, 0.15) is 5.82 Å². The van der Waals surface area contributed by atoms with Crippen LogP contribution in [-0.4, -0.2) is 26.4 Å². The molecule has 1 N–H and O–H groups in total. The van der Waals surface area contributed by atoms with E-state index in [9.17, 15) is 4.79 Å². The van der Waals surface area contributed by atoms with Gasteiger partial charge in [-0.2, -0.15) is 10.1 Å². The number of hydrogen-bond donors (Lipinski definition) is 1. The summed E-state index contributed by atoms with van der Waals surface area (Å²) in [5.41, 5.74) is 3.56. The highest BCUT2D eigenvalue weighted by Gasteiger charge is 2.12. The fourth-order valence-corrected chi connectivity index (χ4v) is 3.78. The van der Waals surface area contributed by atoms with Crippen molar-refractivity contribution in [1.82, 2.24) is 19.3 Å². The molecule has 0 bridgehead atoms. The van der Waals surface area contributed by atoms with E-state index in [2.05, 4.69) is 21.5 Å². The summed E-state index contributed by atoms with van der Waals surface area (Å²) in [5.74, 6) is 0.547. The molecule has 0 amide bonds. The van der Waals surface area contributed by atoms with Crippen LogP contribution in [0, 0.1) is 0 Å². The molecule has 4 rings (SSSR count). The van der Waals surface area contributed by atoms with Gasteiger partial charge >= 0.3 is 5.69 Å². The van der Waals surface area contributed by atoms with Crippen molar-refractivity contribution < 1.29 is 0 Å². The summed E-state index contributed by atoms with van der Waals surface area (Å²) in [6, 6.07) is 15.6. The number of halogens is 1. The molecule has 0 unspecified atom stereocenters. The number of rotatable bonds is 6. The van der Waals surface area contributed by atoms with Gasteiger partial charge in [0, 0.05) is 36.4 Å². The van der Waals surface area contributed by atoms with Crippen LogP contribution in [0.25, 0.3) is 16.6 Å². The van der Waals surface area contributed by atoms with Gasteiger partial charge in [0.25, 0.3) is 0 Å². The van der Waals surface area contributed by atoms with E-state index < -0.39 is 0 Å². The van der Waals surface area contributed by atoms with Gasteiger partial charge in [-0.3, -0.25) is 9.25 Å². The van der Waals surface area contributed by atoms with E-state index in [1.807, 2.05) is 48.3 Å². The Balaban J connectivity index is 1.68. The standard InChI is InChI=1S/C22H22ClN5O/c1-24-21-19-10-9-16(23)14-20(19)28(22(29)26-21)18-8-4-6-15(13-18)5-3-7-17-11-12-25-27(17)2/h4,6,8-14H,3,5,7H2,1-2H3,(H,24,26,29). The number of nitrogens with zero attached hydrogens (tertiary/aromatic N) is 4. The molecule has 4 aromatic rings. The van der Waals surface area contributed by atoms with Crippen molar-refractivity contribution in [1.29, 1.82) is 0 Å². The smallest absolute Gasteiger partial charge is 0.354 e. The molecule has 0 saturated carbocycles. The Morgan fingerprint density at radius 2 is 1.97 bits per heavy atom. The molecular formula is C22H22ClN5O. The molecule has 2 heterocycles. The Kier molecular flexibility index (Phi) is 5.36. The van der Waals surface area contributed by atoms with Gasteiger partial charge in [-0.1, -0.05) is 23.7 Å². The predicted molar refractivity (Wildman–Crippen MR) is 117 cm³/mol. The van der Waals surface area contributed by atoms with Crippen LogP contribution in [0.15, 0.2) is 59.5 Å². The van der Waals surface area contributed by atoms with Gasteiger partial charge in [0.15, 0.2) is 0 Å². The van der Waals surface area contributed by atoms with Crippen LogP contribution in [0.5, 0.6) is 0 Å². The molecule has 2 aromatic heterocycles. The number of hydrogen-bond acceptors (Lipinski definition) is 4. The van der Waals surface area contributed by atoms with Crippen molar-refractivity contribution in [3.05, 3.63) is 81.5 Å². The second kappa shape index (κ2) is 8.09. The van der Waals surface area contributed by atoms with E-state index in [1.165, 1.54) is 11.3 Å². The van der Waals surface area contributed by atoms with Gasteiger partial charge in [0.2, 0.25) is 0 Å². The average Bonchev–Trinajstić information content (AvgIpc) is 3.12. The molecule has 29 heavy (non-hydrogen) atoms. The second-order valence-corrected chi connectivity index (χ2v) is 7.40. The lowest BCUT2D eigenvalue weighted by molar-refractivity contribution is 0.682. The van der Waals surface area contributed by atoms with Gasteiger partial charge in [0.05, 0.1) is 11.2 Å². The quantitative estimate of drug-likeness (QED) is 0.525. The zero-order valence-electron chi connectivity index (χ0n) is 16.4. The van der Waals surface area contributed by atoms with Crippen molar-refractivity contribution in [2.45, 2.75) is 19.3 Å². The first kappa shape index (κ1) is 19.2. The third-order valence-corrected chi connectivity index (χ3v) is 5.32. The Morgan fingerprint density at radius 3 is 2.72 bits per heavy atom. The molecule has 148 valence electrons. The minimum absolute atomic E-state index is 0.337. The van der Waals surface area contributed by atoms with E-state index in [0.717, 1.165) is 35.9 Å². The first-order valence-corrected chi connectivity index (χ1v) is 9.91. The maximum absolute atomic E-state index is 12.8. The second-order valence-electron chi connectivity index (χ2n) is 6.96. The van der Waals surface area contributed by atoms with Crippen molar-refractivity contribution in [2.75, 3.05) is 12.4 Å². The molecule has 2 aromatic carbocycles. The molecule has 0 fully saturated rings. The lowest BCUT2D eigenvalue weighted by atomic mass is 10.1. The van der Waals surface area contributed by atoms with Gasteiger partial charge in [-0.25, -0.2) is 4.79 Å². The lowest BCUT2D eigenvalue weighted by Crippen LogP contribution is -2.23. The Hall–Kier alpha value is -3.12. The maximum Gasteiger partial charge on any atom is 0.354 e. The summed E-state index contributed by atoms with van der Waals surface area (Å²) < 4.78 is 3.52. The SMILES string of the molecule is CNc1nc(=O)n(-c2cccc(CCCc3ccnn3C)c2)c2cc(Cl)ccc12. The molecule has 0 atom stereocenters. The predicted octanol–water partition coefficient (Wildman–Crippen LogP) is 3.99. The molecule has 6 nitrogen and oxygen atoms in total. The zero-order valence-corrected chi connectivity index (χ0v) is 17.1. The highest BCUT2D eigenvalue weighted by Crippen LogP contribution is 2.25. The summed E-state index contributed by atoms with van der Waals surface area (Å²) in [6.07, 6.45) is 4.69. The van der Waals surface area contributed by atoms with Crippen LogP contribution in [0.3, 0.4) is 0 Å². The number of anilines is 1. The molecule has 0 radical (unpaired) electrons. The molecule has 7 heteroatoms. The zero-order chi connectivity index (χ0) is 20.4. The summed E-state index contributed by atoms with van der Waals surface area (Å²) >= 11 is 6.22. The van der Waals surface area contributed by atoms with Crippen molar-refractivity contribution >= 4 is 28.3 Å². The van der Waals surface area contributed by atoms with Crippen LogP contribution < -0.4 is 11.0 Å². The number of aryl methyl sites for hydroxylation is 3. The normalized spacial score (nSPS) is 11.1. The van der Waals surface area contributed by atoms with Gasteiger partial charge in [-0.15, -0.1) is 0 Å². The monoisotopic (exact) mass is 407 g/mol. The molecule has 0 saturated heterocycles. The highest BCUT2D eigenvalue weighted by molar-refractivity contribution is 6.31. The molecule has 0 aliphatic rings. The minimum atomic E-state index is -0.337. The summed E-state index contributed by atoms with van der Waals surface area (Å²) in [6.45, 7) is 0. The molecular weight excluding hydrogens is 386 g/mol. The summed E-state index contributed by atoms with van der Waals surface area (Å²) in [5, 5.41) is 8.62. The average molecular weight is 408 g/mol. The van der Waals surface area contributed by atoms with Crippen LogP contribution >= 0.6 is 11.6 Å². The van der Waals surface area contributed by atoms with E-state index in [1.54, 1.807) is 23.7 Å². The van der Waals surface area contributed by atoms with E-state index in [0.29, 0.717) is 10.8 Å². The Bertz CT molecular complexity index is 1230. The molecule has 0 spiro atoms. The van der Waals surface area contributed by atoms with Crippen LogP contribution in [-0.2, 0) is 19.9 Å². The number of fused-ring (bicyclic) bond motifs is 1. The minimum Gasteiger partial charge on any atom is -0.372 e. The maximum atomic E-state index is 12.8. The van der Waals surface area contributed by atoms with Crippen LogP contribution in [0.4, 0.5) is 5.82 Å². The Morgan fingerprint density at radius 1 is 1.10 bits per heavy atom. The van der Waals surface area contributed by atoms with E-state index >= 15 is 0 Å². The highest BCUT2D eigenvalue weighted by atomic mass is 35.5. The number of nitrogens with one attached hydrogen (secondary N) is 1. The van der Waals surface area contributed by atoms with Crippen LogP contribution in [0.1, 0.15) is 17.7 Å². The largest absolute Gasteiger partial charge is 0.372 e. The number of aromatic nitrogens is 4. The summed E-state index contributed by atoms with van der Waals surface area (Å²) in [4.78, 5) is 17.0. The van der Waals surface area contributed by atoms with E-state index in [4.69, 9.17) is 11.6 Å². The first-order chi connectivity index (χ1) is 14.1. The van der Waals surface area contributed by atoms with Crippen molar-refractivity contribution in [3.8, 4) is 5.69 Å².